The first kappa shape index (κ1) is 26.4. The molecule has 0 N–H and O–H groups in total. The fourth-order valence-corrected chi connectivity index (χ4v) is 3.80. The minimum absolute atomic E-state index is 0.202. The highest BCUT2D eigenvalue weighted by atomic mass is 16.8. The Kier molecular flexibility index (Phi) is 7.97. The Labute approximate surface area is 206 Å². The number of esters is 1. The van der Waals surface area contributed by atoms with Crippen LogP contribution in [-0.4, -0.2) is 51.6 Å². The second kappa shape index (κ2) is 10.6. The van der Waals surface area contributed by atoms with Crippen molar-refractivity contribution in [1.29, 1.82) is 0 Å². The van der Waals surface area contributed by atoms with Gasteiger partial charge in [-0.3, -0.25) is 0 Å². The first-order valence-electron chi connectivity index (χ1n) is 11.3. The number of hydrogen-bond acceptors (Lipinski definition) is 8. The number of carbonyl (C=O) groups is 1. The molecule has 2 aliphatic rings. The van der Waals surface area contributed by atoms with Crippen LogP contribution in [0.15, 0.2) is 59.1 Å². The summed E-state index contributed by atoms with van der Waals surface area (Å²) in [5, 5.41) is 0. The zero-order chi connectivity index (χ0) is 25.8. The van der Waals surface area contributed by atoms with E-state index in [-0.39, 0.29) is 12.2 Å². The Bertz CT molecular complexity index is 1070. The van der Waals surface area contributed by atoms with E-state index >= 15 is 0 Å². The van der Waals surface area contributed by atoms with Crippen molar-refractivity contribution in [2.75, 3.05) is 27.9 Å². The van der Waals surface area contributed by atoms with Gasteiger partial charge in [0.05, 0.1) is 27.6 Å². The van der Waals surface area contributed by atoms with E-state index in [4.69, 9.17) is 33.2 Å². The van der Waals surface area contributed by atoms with E-state index in [1.165, 1.54) is 27.6 Å². The van der Waals surface area contributed by atoms with Crippen LogP contribution in [0, 0.1) is 0 Å². The summed E-state index contributed by atoms with van der Waals surface area (Å²) in [6.07, 6.45) is 6.32. The predicted molar refractivity (Wildman–Crippen MR) is 131 cm³/mol. The summed E-state index contributed by atoms with van der Waals surface area (Å²) in [6.45, 7) is 9.78. The number of methoxy groups -OCH3 is 3. The van der Waals surface area contributed by atoms with Crippen LogP contribution in [0.25, 0.3) is 6.08 Å². The average Bonchev–Trinajstić information content (AvgIpc) is 3.04. The van der Waals surface area contributed by atoms with Crippen LogP contribution in [0.5, 0.6) is 11.5 Å². The molecule has 8 heteroatoms. The summed E-state index contributed by atoms with van der Waals surface area (Å²) in [4.78, 5) is 12.1. The molecule has 190 valence electrons. The lowest BCUT2D eigenvalue weighted by atomic mass is 9.97. The molecule has 1 aromatic rings. The smallest absolute Gasteiger partial charge is 0.341 e. The van der Waals surface area contributed by atoms with E-state index in [1.54, 1.807) is 13.0 Å². The molecule has 2 unspecified atom stereocenters. The lowest BCUT2D eigenvalue weighted by Gasteiger charge is -2.40. The van der Waals surface area contributed by atoms with Gasteiger partial charge in [-0.05, 0) is 64.5 Å². The van der Waals surface area contributed by atoms with Crippen molar-refractivity contribution in [3.05, 3.63) is 64.7 Å². The Balaban J connectivity index is 1.89. The summed E-state index contributed by atoms with van der Waals surface area (Å²) in [5.74, 6) is 0.0238. The Morgan fingerprint density at radius 1 is 1.06 bits per heavy atom. The van der Waals surface area contributed by atoms with Crippen LogP contribution in [0.3, 0.4) is 0 Å². The molecule has 1 spiro atoms. The second-order valence-electron chi connectivity index (χ2n) is 8.99. The minimum atomic E-state index is -1.09. The molecule has 2 heterocycles. The SMILES string of the molecule is COC=C(C(=O)OC)C(C)=C(C=Cc1ccc2c(c1)OC1(CO2)OC(C=C(C)C)OC1(C)C)OC. The van der Waals surface area contributed by atoms with Crippen LogP contribution >= 0.6 is 0 Å². The predicted octanol–water partition coefficient (Wildman–Crippen LogP) is 4.91. The van der Waals surface area contributed by atoms with Crippen LogP contribution in [0.2, 0.25) is 0 Å². The maximum absolute atomic E-state index is 12.1. The molecule has 1 fully saturated rings. The van der Waals surface area contributed by atoms with Gasteiger partial charge in [0.15, 0.2) is 24.4 Å². The van der Waals surface area contributed by atoms with Crippen LogP contribution in [0.1, 0.15) is 40.2 Å². The molecule has 2 aliphatic heterocycles. The van der Waals surface area contributed by atoms with E-state index in [2.05, 4.69) is 0 Å². The number of rotatable bonds is 7. The topological polar surface area (TPSA) is 81.7 Å². The van der Waals surface area contributed by atoms with Crippen molar-refractivity contribution >= 4 is 12.0 Å². The van der Waals surface area contributed by atoms with Crippen molar-refractivity contribution in [2.45, 2.75) is 52.3 Å². The summed E-state index contributed by atoms with van der Waals surface area (Å²) < 4.78 is 40.0. The third kappa shape index (κ3) is 5.55. The molecular weight excluding hydrogens is 452 g/mol. The third-order valence-corrected chi connectivity index (χ3v) is 5.83. The number of fused-ring (bicyclic) bond motifs is 1. The number of carbonyl (C=O) groups excluding carboxylic acids is 1. The zero-order valence-corrected chi connectivity index (χ0v) is 21.6. The molecular formula is C27H34O8. The van der Waals surface area contributed by atoms with Gasteiger partial charge in [0.25, 0.3) is 5.79 Å². The molecule has 0 amide bonds. The number of ether oxygens (including phenoxy) is 7. The molecule has 3 rings (SSSR count). The van der Waals surface area contributed by atoms with E-state index < -0.39 is 23.6 Å². The lowest BCUT2D eigenvalue weighted by molar-refractivity contribution is -0.216. The van der Waals surface area contributed by atoms with Crippen molar-refractivity contribution in [2.24, 2.45) is 0 Å². The third-order valence-electron chi connectivity index (χ3n) is 5.83. The Morgan fingerprint density at radius 2 is 1.80 bits per heavy atom. The van der Waals surface area contributed by atoms with Gasteiger partial charge in [-0.15, -0.1) is 0 Å². The van der Waals surface area contributed by atoms with Gasteiger partial charge in [0.1, 0.15) is 16.9 Å². The molecule has 0 aliphatic carbocycles. The van der Waals surface area contributed by atoms with Gasteiger partial charge in [-0.25, -0.2) is 4.79 Å². The highest BCUT2D eigenvalue weighted by Crippen LogP contribution is 2.46. The van der Waals surface area contributed by atoms with Gasteiger partial charge in [-0.1, -0.05) is 17.7 Å². The zero-order valence-electron chi connectivity index (χ0n) is 21.6. The van der Waals surface area contributed by atoms with E-state index in [9.17, 15) is 4.79 Å². The molecule has 0 bridgehead atoms. The molecule has 35 heavy (non-hydrogen) atoms. The maximum atomic E-state index is 12.1. The normalized spacial score (nSPS) is 23.7. The molecule has 0 saturated carbocycles. The fourth-order valence-electron chi connectivity index (χ4n) is 3.80. The maximum Gasteiger partial charge on any atom is 0.341 e. The van der Waals surface area contributed by atoms with Gasteiger partial charge >= 0.3 is 5.97 Å². The monoisotopic (exact) mass is 486 g/mol. The largest absolute Gasteiger partial charge is 0.503 e. The van der Waals surface area contributed by atoms with Crippen LogP contribution in [0.4, 0.5) is 0 Å². The van der Waals surface area contributed by atoms with Crippen molar-refractivity contribution in [3.63, 3.8) is 0 Å². The molecule has 2 atom stereocenters. The van der Waals surface area contributed by atoms with Crippen molar-refractivity contribution in [1.82, 2.24) is 0 Å². The molecule has 0 aromatic heterocycles. The van der Waals surface area contributed by atoms with Gasteiger partial charge in [0.2, 0.25) is 0 Å². The lowest BCUT2D eigenvalue weighted by Crippen LogP contribution is -2.58. The highest BCUT2D eigenvalue weighted by Gasteiger charge is 2.60. The van der Waals surface area contributed by atoms with Gasteiger partial charge in [-0.2, -0.15) is 0 Å². The van der Waals surface area contributed by atoms with E-state index in [0.29, 0.717) is 22.8 Å². The minimum Gasteiger partial charge on any atom is -0.503 e. The first-order valence-corrected chi connectivity index (χ1v) is 11.3. The van der Waals surface area contributed by atoms with Gasteiger partial charge < -0.3 is 33.2 Å². The molecule has 1 saturated heterocycles. The summed E-state index contributed by atoms with van der Waals surface area (Å²) in [7, 11) is 4.30. The molecule has 8 nitrogen and oxygen atoms in total. The standard InChI is InChI=1S/C27H34O8/c1-17(2)13-24-34-26(4,5)27(35-24)16-32-22-12-10-19(14-23(22)33-27)9-11-21(30-7)18(3)20(15-29-6)25(28)31-8/h9-15,24H,16H2,1-8H3. The highest BCUT2D eigenvalue weighted by molar-refractivity contribution is 5.93. The fraction of sp³-hybridized carbons (Fsp3) is 0.444. The number of allylic oxidation sites excluding steroid dienone is 2. The van der Waals surface area contributed by atoms with Crippen LogP contribution < -0.4 is 9.47 Å². The average molecular weight is 487 g/mol. The number of benzene rings is 1. The molecule has 0 radical (unpaired) electrons. The van der Waals surface area contributed by atoms with Crippen LogP contribution in [-0.2, 0) is 28.5 Å². The van der Waals surface area contributed by atoms with E-state index in [0.717, 1.165) is 11.1 Å². The summed E-state index contributed by atoms with van der Waals surface area (Å²) in [5.41, 5.74) is 2.00. The second-order valence-corrected chi connectivity index (χ2v) is 8.99. The van der Waals surface area contributed by atoms with Gasteiger partial charge in [0, 0.05) is 5.57 Å². The Hall–Kier alpha value is -3.23. The summed E-state index contributed by atoms with van der Waals surface area (Å²) >= 11 is 0. The number of hydrogen-bond donors (Lipinski definition) is 0. The van der Waals surface area contributed by atoms with Crippen molar-refractivity contribution < 1.29 is 38.0 Å². The first-order chi connectivity index (χ1) is 16.6. The summed E-state index contributed by atoms with van der Waals surface area (Å²) in [6, 6.07) is 5.59. The Morgan fingerprint density at radius 3 is 2.43 bits per heavy atom. The quantitative estimate of drug-likeness (QED) is 0.177. The van der Waals surface area contributed by atoms with Crippen molar-refractivity contribution in [3.8, 4) is 11.5 Å². The molecule has 1 aromatic carbocycles. The van der Waals surface area contributed by atoms with E-state index in [1.807, 2.05) is 58.0 Å².